The van der Waals surface area contributed by atoms with Gasteiger partial charge < -0.3 is 9.84 Å². The Morgan fingerprint density at radius 3 is 2.15 bits per heavy atom. The van der Waals surface area contributed by atoms with Crippen molar-refractivity contribution >= 4 is 11.7 Å². The van der Waals surface area contributed by atoms with Crippen LogP contribution in [-0.4, -0.2) is 65.9 Å². The highest BCUT2D eigenvalue weighted by atomic mass is 19.4. The van der Waals surface area contributed by atoms with Crippen molar-refractivity contribution in [3.63, 3.8) is 0 Å². The molecule has 5 rings (SSSR count). The van der Waals surface area contributed by atoms with E-state index in [-0.39, 0.29) is 24.1 Å². The highest BCUT2D eigenvalue weighted by molar-refractivity contribution is 5.98. The van der Waals surface area contributed by atoms with Crippen molar-refractivity contribution in [2.75, 3.05) is 37.7 Å². The Morgan fingerprint density at radius 2 is 1.54 bits per heavy atom. The number of aliphatic hydroxyl groups excluding tert-OH is 1. The van der Waals surface area contributed by atoms with Gasteiger partial charge in [-0.1, -0.05) is 26.8 Å². The zero-order chi connectivity index (χ0) is 33.8. The van der Waals surface area contributed by atoms with Gasteiger partial charge in [-0.05, 0) is 71.1 Å². The number of amides is 1. The molecule has 1 aromatic heterocycles. The van der Waals surface area contributed by atoms with Gasteiger partial charge in [-0.2, -0.15) is 26.3 Å². The van der Waals surface area contributed by atoms with Crippen LogP contribution < -0.4 is 4.90 Å². The smallest absolute Gasteiger partial charge is 0.392 e. The minimum atomic E-state index is -5.05. The van der Waals surface area contributed by atoms with Crippen molar-refractivity contribution in [3.05, 3.63) is 82.3 Å². The number of ether oxygens (including phenoxy) is 1. The number of piperazine rings is 1. The number of benzene rings is 2. The second-order valence-corrected chi connectivity index (χ2v) is 12.5. The van der Waals surface area contributed by atoms with Gasteiger partial charge in [0, 0.05) is 37.2 Å². The van der Waals surface area contributed by atoms with E-state index in [0.717, 1.165) is 0 Å². The number of alkyl halides is 6. The van der Waals surface area contributed by atoms with Gasteiger partial charge >= 0.3 is 12.4 Å². The number of fused-ring (bicyclic) bond motifs is 1. The number of aliphatic hydroxyl groups is 1. The van der Waals surface area contributed by atoms with Gasteiger partial charge in [-0.25, -0.2) is 9.37 Å². The quantitative estimate of drug-likeness (QED) is 0.299. The molecule has 6 nitrogen and oxygen atoms in total. The summed E-state index contributed by atoms with van der Waals surface area (Å²) < 4.78 is 102. The van der Waals surface area contributed by atoms with Gasteiger partial charge in [0.05, 0.1) is 30.4 Å². The number of nitrogens with zero attached hydrogens (tertiary/aromatic N) is 3. The summed E-state index contributed by atoms with van der Waals surface area (Å²) in [6.07, 6.45) is -10.2. The van der Waals surface area contributed by atoms with Crippen LogP contribution in [0.1, 0.15) is 54.5 Å². The number of carbonyl (C=O) groups excluding carboxylic acids is 1. The third kappa shape index (κ3) is 6.50. The normalized spacial score (nSPS) is 19.6. The fourth-order valence-corrected chi connectivity index (χ4v) is 6.30. The van der Waals surface area contributed by atoms with Crippen molar-refractivity contribution in [3.8, 4) is 11.1 Å². The fourth-order valence-electron chi connectivity index (χ4n) is 6.30. The Hall–Kier alpha value is -3.55. The summed E-state index contributed by atoms with van der Waals surface area (Å²) in [6.45, 7) is 8.35. The molecule has 248 valence electrons. The van der Waals surface area contributed by atoms with E-state index >= 15 is 0 Å². The van der Waals surface area contributed by atoms with Gasteiger partial charge in [0.15, 0.2) is 0 Å². The van der Waals surface area contributed by atoms with E-state index in [9.17, 15) is 40.6 Å². The van der Waals surface area contributed by atoms with Crippen molar-refractivity contribution < 1.29 is 45.4 Å². The van der Waals surface area contributed by atoms with Gasteiger partial charge in [0.2, 0.25) is 5.91 Å². The van der Waals surface area contributed by atoms with Crippen LogP contribution in [0.2, 0.25) is 0 Å². The number of hydrogen-bond donors (Lipinski definition) is 1. The van der Waals surface area contributed by atoms with Crippen molar-refractivity contribution in [1.29, 1.82) is 0 Å². The summed E-state index contributed by atoms with van der Waals surface area (Å²) in [6, 6.07) is 6.57. The molecule has 2 aliphatic rings. The molecular weight excluding hydrogens is 619 g/mol. The molecule has 3 aromatic rings. The molecule has 2 aliphatic heterocycles. The molecule has 1 amide bonds. The first-order chi connectivity index (χ1) is 21.4. The predicted octanol–water partition coefficient (Wildman–Crippen LogP) is 6.72. The number of aromatic nitrogens is 1. The van der Waals surface area contributed by atoms with Gasteiger partial charge in [-0.15, -0.1) is 0 Å². The van der Waals surface area contributed by atoms with Crippen molar-refractivity contribution in [2.45, 2.75) is 63.5 Å². The molecule has 0 bridgehead atoms. The fraction of sp³-hybridized carbons (Fsp3) is 0.455. The number of morpholine rings is 1. The molecule has 46 heavy (non-hydrogen) atoms. The minimum Gasteiger partial charge on any atom is -0.392 e. The van der Waals surface area contributed by atoms with Crippen LogP contribution in [0.3, 0.4) is 0 Å². The number of carbonyl (C=O) groups is 1. The lowest BCUT2D eigenvalue weighted by Gasteiger charge is -2.42. The molecule has 0 spiro atoms. The molecule has 1 N–H and O–H groups in total. The zero-order valence-electron chi connectivity index (χ0n) is 25.6. The topological polar surface area (TPSA) is 65.9 Å². The summed E-state index contributed by atoms with van der Waals surface area (Å²) >= 11 is 0. The monoisotopic (exact) mass is 653 g/mol. The lowest BCUT2D eigenvalue weighted by Crippen LogP contribution is -2.61. The first kappa shape index (κ1) is 33.8. The van der Waals surface area contributed by atoms with E-state index in [1.807, 2.05) is 4.90 Å². The molecule has 3 atom stereocenters. The largest absolute Gasteiger partial charge is 0.416 e. The Bertz CT molecular complexity index is 1590. The highest BCUT2D eigenvalue weighted by Crippen LogP contribution is 2.44. The Morgan fingerprint density at radius 1 is 0.913 bits per heavy atom. The lowest BCUT2D eigenvalue weighted by atomic mass is 9.71. The van der Waals surface area contributed by atoms with Crippen molar-refractivity contribution in [2.24, 2.45) is 0 Å². The third-order valence-corrected chi connectivity index (χ3v) is 9.11. The third-order valence-electron chi connectivity index (χ3n) is 9.11. The number of aryl methyl sites for hydroxylation is 1. The van der Waals surface area contributed by atoms with Crippen LogP contribution in [0.25, 0.3) is 11.1 Å². The van der Waals surface area contributed by atoms with Crippen LogP contribution >= 0.6 is 0 Å². The standard InChI is InChI=1S/C33H34F7N3O3/c1-18-11-23(34)5-6-24(18)25-15-28(43-8-7-42-9-10-46-17-27(42)30(43)45)41-16-26(25)19(2)29(44)31(3,4)20-12-21(32(35,36)37)14-22(13-20)33(38,39)40/h5-6,11-16,19,27,29,44H,7-10,17H2,1-4H3. The molecule has 3 heterocycles. The van der Waals surface area contributed by atoms with Crippen LogP contribution in [0.15, 0.2) is 48.7 Å². The highest BCUT2D eigenvalue weighted by Gasteiger charge is 2.42. The van der Waals surface area contributed by atoms with Gasteiger partial charge in [-0.3, -0.25) is 14.6 Å². The van der Waals surface area contributed by atoms with E-state index < -0.39 is 52.8 Å². The number of anilines is 1. The number of hydrogen-bond acceptors (Lipinski definition) is 5. The summed E-state index contributed by atoms with van der Waals surface area (Å²) in [5.41, 5.74) is -2.93. The number of pyridine rings is 1. The Kier molecular flexibility index (Phi) is 8.99. The van der Waals surface area contributed by atoms with E-state index in [1.165, 1.54) is 43.1 Å². The number of halogens is 7. The summed E-state index contributed by atoms with van der Waals surface area (Å²) in [5, 5.41) is 11.7. The minimum absolute atomic E-state index is 0.0496. The van der Waals surface area contributed by atoms with E-state index in [1.54, 1.807) is 19.9 Å². The zero-order valence-corrected chi connectivity index (χ0v) is 25.6. The van der Waals surface area contributed by atoms with Crippen LogP contribution in [-0.2, 0) is 27.3 Å². The molecule has 0 aliphatic carbocycles. The molecule has 0 saturated carbocycles. The second kappa shape index (κ2) is 12.2. The maximum absolute atomic E-state index is 14.1. The second-order valence-electron chi connectivity index (χ2n) is 12.5. The predicted molar refractivity (Wildman–Crippen MR) is 157 cm³/mol. The first-order valence-electron chi connectivity index (χ1n) is 14.8. The summed E-state index contributed by atoms with van der Waals surface area (Å²) in [7, 11) is 0. The van der Waals surface area contributed by atoms with Gasteiger partial charge in [0.25, 0.3) is 0 Å². The van der Waals surface area contributed by atoms with Gasteiger partial charge in [0.1, 0.15) is 17.7 Å². The number of rotatable bonds is 6. The first-order valence-corrected chi connectivity index (χ1v) is 14.8. The summed E-state index contributed by atoms with van der Waals surface area (Å²) in [5.74, 6) is -1.27. The molecule has 2 aromatic carbocycles. The molecule has 0 radical (unpaired) electrons. The Balaban J connectivity index is 1.58. The van der Waals surface area contributed by atoms with Crippen LogP contribution in [0.5, 0.6) is 0 Å². The van der Waals surface area contributed by atoms with E-state index in [2.05, 4.69) is 4.98 Å². The molecular formula is C33H34F7N3O3. The van der Waals surface area contributed by atoms with Crippen LogP contribution in [0, 0.1) is 12.7 Å². The average Bonchev–Trinajstić information content (AvgIpc) is 2.99. The lowest BCUT2D eigenvalue weighted by molar-refractivity contribution is -0.143. The summed E-state index contributed by atoms with van der Waals surface area (Å²) in [4.78, 5) is 21.6. The molecule has 13 heteroatoms. The van der Waals surface area contributed by atoms with Crippen LogP contribution in [0.4, 0.5) is 36.6 Å². The maximum Gasteiger partial charge on any atom is 0.416 e. The van der Waals surface area contributed by atoms with E-state index in [4.69, 9.17) is 4.74 Å². The Labute approximate surface area is 261 Å². The average molecular weight is 654 g/mol. The van der Waals surface area contributed by atoms with Crippen molar-refractivity contribution in [1.82, 2.24) is 9.88 Å². The SMILES string of the molecule is Cc1cc(F)ccc1-c1cc(N2CCN3CCOCC3C2=O)ncc1C(C)C(O)C(C)(C)c1cc(C(F)(F)F)cc(C(F)(F)F)c1. The molecule has 2 fully saturated rings. The molecule has 2 saturated heterocycles. The van der Waals surface area contributed by atoms with E-state index in [0.29, 0.717) is 66.4 Å². The molecule has 3 unspecified atom stereocenters. The maximum atomic E-state index is 14.1.